The van der Waals surface area contributed by atoms with Crippen molar-refractivity contribution in [2.45, 2.75) is 18.2 Å². The van der Waals surface area contributed by atoms with E-state index in [0.717, 1.165) is 28.6 Å². The summed E-state index contributed by atoms with van der Waals surface area (Å²) in [5.41, 5.74) is -1.06. The number of sulfonamides is 1. The zero-order valence-corrected chi connectivity index (χ0v) is 17.2. The van der Waals surface area contributed by atoms with Crippen molar-refractivity contribution in [3.05, 3.63) is 53.3 Å². The van der Waals surface area contributed by atoms with E-state index < -0.39 is 38.7 Å². The molecule has 1 aliphatic heterocycles. The minimum Gasteiger partial charge on any atom is -0.460 e. The highest BCUT2D eigenvalue weighted by atomic mass is 32.2. The van der Waals surface area contributed by atoms with Gasteiger partial charge in [-0.15, -0.1) is 0 Å². The molecule has 8 nitrogen and oxygen atoms in total. The van der Waals surface area contributed by atoms with Crippen LogP contribution in [-0.2, 0) is 20.9 Å². The van der Waals surface area contributed by atoms with Crippen molar-refractivity contribution in [1.82, 2.24) is 9.21 Å². The lowest BCUT2D eigenvalue weighted by Gasteiger charge is -2.33. The first-order valence-corrected chi connectivity index (χ1v) is 10.7. The highest BCUT2D eigenvalue weighted by molar-refractivity contribution is 7.89. The number of ether oxygens (including phenoxy) is 1. The molecule has 1 aromatic heterocycles. The number of rotatable bonds is 5. The molecular formula is C19H19F3N2O6S. The fraction of sp³-hybridized carbons (Fsp3) is 0.368. The van der Waals surface area contributed by atoms with Crippen LogP contribution in [-0.4, -0.2) is 62.3 Å². The van der Waals surface area contributed by atoms with E-state index in [1.54, 1.807) is 6.92 Å². The van der Waals surface area contributed by atoms with E-state index in [9.17, 15) is 31.2 Å². The van der Waals surface area contributed by atoms with E-state index in [1.165, 1.54) is 17.0 Å². The molecule has 168 valence electrons. The van der Waals surface area contributed by atoms with Crippen LogP contribution in [0.25, 0.3) is 0 Å². The molecule has 1 aromatic carbocycles. The first-order chi connectivity index (χ1) is 14.5. The van der Waals surface area contributed by atoms with Crippen molar-refractivity contribution in [2.75, 3.05) is 32.8 Å². The summed E-state index contributed by atoms with van der Waals surface area (Å²) in [7, 11) is -4.06. The van der Waals surface area contributed by atoms with Gasteiger partial charge in [-0.05, 0) is 37.3 Å². The fourth-order valence-corrected chi connectivity index (χ4v) is 4.37. The van der Waals surface area contributed by atoms with Gasteiger partial charge in [0.05, 0.1) is 12.2 Å². The molecule has 0 unspecified atom stereocenters. The highest BCUT2D eigenvalue weighted by Gasteiger charge is 2.34. The second kappa shape index (κ2) is 8.71. The quantitative estimate of drug-likeness (QED) is 0.637. The van der Waals surface area contributed by atoms with E-state index in [4.69, 9.17) is 9.15 Å². The van der Waals surface area contributed by atoms with Crippen LogP contribution in [0.15, 0.2) is 45.9 Å². The topological polar surface area (TPSA) is 97.1 Å². The molecule has 2 aromatic rings. The number of carbonyl (C=O) groups excluding carboxylic acids is 2. The van der Waals surface area contributed by atoms with Crippen LogP contribution in [0.4, 0.5) is 13.2 Å². The van der Waals surface area contributed by atoms with Gasteiger partial charge < -0.3 is 14.1 Å². The lowest BCUT2D eigenvalue weighted by Crippen LogP contribution is -2.50. The van der Waals surface area contributed by atoms with Crippen molar-refractivity contribution in [2.24, 2.45) is 0 Å². The minimum atomic E-state index is -4.57. The smallest absolute Gasteiger partial charge is 0.416 e. The number of esters is 1. The summed E-state index contributed by atoms with van der Waals surface area (Å²) in [5.74, 6) is -1.66. The van der Waals surface area contributed by atoms with E-state index in [-0.39, 0.29) is 44.1 Å². The molecule has 0 N–H and O–H groups in total. The Morgan fingerprint density at radius 2 is 1.77 bits per heavy atom. The molecule has 0 bridgehead atoms. The van der Waals surface area contributed by atoms with Crippen LogP contribution in [0.3, 0.4) is 0 Å². The molecule has 0 aliphatic carbocycles. The number of piperazine rings is 1. The van der Waals surface area contributed by atoms with Crippen LogP contribution in [0.2, 0.25) is 0 Å². The van der Waals surface area contributed by atoms with E-state index in [2.05, 4.69) is 0 Å². The number of benzene rings is 1. The third-order valence-corrected chi connectivity index (χ3v) is 6.39. The number of alkyl halides is 3. The number of amides is 1. The number of halogens is 3. The summed E-state index contributed by atoms with van der Waals surface area (Å²) >= 11 is 0. The number of hydrogen-bond acceptors (Lipinski definition) is 6. The molecule has 1 fully saturated rings. The molecule has 31 heavy (non-hydrogen) atoms. The third kappa shape index (κ3) is 4.90. The maximum Gasteiger partial charge on any atom is 0.416 e. The average Bonchev–Trinajstić information content (AvgIpc) is 3.24. The lowest BCUT2D eigenvalue weighted by atomic mass is 10.1. The number of hydrogen-bond donors (Lipinski definition) is 0. The summed E-state index contributed by atoms with van der Waals surface area (Å²) in [6, 6.07) is 6.40. The molecule has 0 radical (unpaired) electrons. The number of furan rings is 1. The molecule has 0 saturated carbocycles. The standard InChI is InChI=1S/C19H19F3N2O6S/c1-2-29-18(26)15-6-7-16(30-15)31(27,28)24-10-8-23(9-11-24)17(25)13-4-3-5-14(12-13)19(20,21)22/h3-7,12H,2,8-11H2,1H3. The highest BCUT2D eigenvalue weighted by Crippen LogP contribution is 2.30. The van der Waals surface area contributed by atoms with E-state index in [1.807, 2.05) is 0 Å². The van der Waals surface area contributed by atoms with Crippen molar-refractivity contribution < 1.29 is 40.3 Å². The second-order valence-electron chi connectivity index (χ2n) is 6.61. The van der Waals surface area contributed by atoms with Crippen LogP contribution in [0.1, 0.15) is 33.4 Å². The first kappa shape index (κ1) is 22.8. The number of nitrogens with zero attached hydrogens (tertiary/aromatic N) is 2. The van der Waals surface area contributed by atoms with Crippen molar-refractivity contribution >= 4 is 21.9 Å². The van der Waals surface area contributed by atoms with Gasteiger partial charge in [0.15, 0.2) is 0 Å². The predicted molar refractivity (Wildman–Crippen MR) is 101 cm³/mol. The minimum absolute atomic E-state index is 0.0141. The Balaban J connectivity index is 1.68. The Morgan fingerprint density at radius 3 is 2.39 bits per heavy atom. The Morgan fingerprint density at radius 1 is 1.10 bits per heavy atom. The first-order valence-electron chi connectivity index (χ1n) is 9.27. The molecule has 3 rings (SSSR count). The molecule has 12 heteroatoms. The number of carbonyl (C=O) groups is 2. The lowest BCUT2D eigenvalue weighted by molar-refractivity contribution is -0.137. The van der Waals surface area contributed by atoms with Gasteiger partial charge in [0.25, 0.3) is 15.9 Å². The molecule has 1 aliphatic rings. The van der Waals surface area contributed by atoms with Gasteiger partial charge in [-0.1, -0.05) is 6.07 Å². The van der Waals surface area contributed by atoms with Gasteiger partial charge in [-0.2, -0.15) is 17.5 Å². The molecule has 1 saturated heterocycles. The fourth-order valence-electron chi connectivity index (χ4n) is 3.04. The average molecular weight is 460 g/mol. The zero-order valence-electron chi connectivity index (χ0n) is 16.4. The van der Waals surface area contributed by atoms with E-state index in [0.29, 0.717) is 0 Å². The second-order valence-corrected chi connectivity index (χ2v) is 8.48. The largest absolute Gasteiger partial charge is 0.460 e. The van der Waals surface area contributed by atoms with Crippen molar-refractivity contribution in [3.8, 4) is 0 Å². The van der Waals surface area contributed by atoms with Crippen LogP contribution in [0.5, 0.6) is 0 Å². The van der Waals surface area contributed by atoms with Gasteiger partial charge in [0, 0.05) is 31.7 Å². The maximum atomic E-state index is 12.9. The van der Waals surface area contributed by atoms with Gasteiger partial charge in [-0.3, -0.25) is 4.79 Å². The van der Waals surface area contributed by atoms with Crippen molar-refractivity contribution in [3.63, 3.8) is 0 Å². The van der Waals surface area contributed by atoms with Crippen LogP contribution in [0, 0.1) is 0 Å². The molecule has 0 atom stereocenters. The monoisotopic (exact) mass is 460 g/mol. The molecule has 1 amide bonds. The SMILES string of the molecule is CCOC(=O)c1ccc(S(=O)(=O)N2CCN(C(=O)c3cccc(C(F)(F)F)c3)CC2)o1. The van der Waals surface area contributed by atoms with Crippen LogP contribution < -0.4 is 0 Å². The summed E-state index contributed by atoms with van der Waals surface area (Å²) in [6.07, 6.45) is -4.57. The van der Waals surface area contributed by atoms with E-state index >= 15 is 0 Å². The normalized spacial score (nSPS) is 15.7. The van der Waals surface area contributed by atoms with Gasteiger partial charge in [-0.25, -0.2) is 13.2 Å². The zero-order chi connectivity index (χ0) is 22.8. The Hall–Kier alpha value is -2.86. The molecule has 0 spiro atoms. The third-order valence-electron chi connectivity index (χ3n) is 4.61. The Labute approximate surface area is 176 Å². The molecular weight excluding hydrogens is 441 g/mol. The summed E-state index contributed by atoms with van der Waals surface area (Å²) in [5, 5.41) is -0.437. The Kier molecular flexibility index (Phi) is 6.41. The summed E-state index contributed by atoms with van der Waals surface area (Å²) < 4.78 is 75.0. The summed E-state index contributed by atoms with van der Waals surface area (Å²) in [6.45, 7) is 1.51. The van der Waals surface area contributed by atoms with Gasteiger partial charge in [0.2, 0.25) is 10.9 Å². The summed E-state index contributed by atoms with van der Waals surface area (Å²) in [4.78, 5) is 25.5. The predicted octanol–water partition coefficient (Wildman–Crippen LogP) is 2.62. The van der Waals surface area contributed by atoms with Gasteiger partial charge >= 0.3 is 12.1 Å². The van der Waals surface area contributed by atoms with Crippen molar-refractivity contribution in [1.29, 1.82) is 0 Å². The maximum absolute atomic E-state index is 12.9. The van der Waals surface area contributed by atoms with Gasteiger partial charge in [0.1, 0.15) is 0 Å². The molecule has 2 heterocycles. The Bertz CT molecular complexity index is 1070. The van der Waals surface area contributed by atoms with Crippen LogP contribution >= 0.6 is 0 Å².